The van der Waals surface area contributed by atoms with E-state index in [2.05, 4.69) is 25.4 Å². The number of halogens is 1. The molecule has 0 spiro atoms. The second-order valence-electron chi connectivity index (χ2n) is 5.71. The van der Waals surface area contributed by atoms with Gasteiger partial charge in [0.05, 0.1) is 6.54 Å². The van der Waals surface area contributed by atoms with Crippen LogP contribution in [0.1, 0.15) is 23.6 Å². The summed E-state index contributed by atoms with van der Waals surface area (Å²) in [6, 6.07) is 5.39. The van der Waals surface area contributed by atoms with Crippen LogP contribution < -0.4 is 10.6 Å². The Balaban J connectivity index is 1.39. The van der Waals surface area contributed by atoms with Gasteiger partial charge in [-0.05, 0) is 30.2 Å². The molecule has 22 heavy (non-hydrogen) atoms. The number of anilines is 1. The van der Waals surface area contributed by atoms with Crippen LogP contribution in [0, 0.1) is 0 Å². The number of carbonyl (C=O) groups excluding carboxylic acids is 1. The summed E-state index contributed by atoms with van der Waals surface area (Å²) < 4.78 is 2.09. The molecule has 0 fully saturated rings. The van der Waals surface area contributed by atoms with E-state index in [1.165, 1.54) is 0 Å². The number of hydrogen-bond acceptors (Lipinski definition) is 4. The van der Waals surface area contributed by atoms with E-state index >= 15 is 0 Å². The Bertz CT molecular complexity index is 742. The highest BCUT2D eigenvalue weighted by Gasteiger charge is 2.27. The number of benzene rings is 1. The number of amides is 1. The normalized spacial score (nSPS) is 18.7. The van der Waals surface area contributed by atoms with Crippen molar-refractivity contribution in [2.24, 2.45) is 0 Å². The van der Waals surface area contributed by atoms with Crippen LogP contribution in [0.2, 0.25) is 5.02 Å². The summed E-state index contributed by atoms with van der Waals surface area (Å²) in [5.41, 5.74) is 2.06. The minimum atomic E-state index is -0.255. The van der Waals surface area contributed by atoms with Crippen LogP contribution in [-0.2, 0) is 30.7 Å². The van der Waals surface area contributed by atoms with Crippen molar-refractivity contribution in [3.8, 4) is 0 Å². The number of aryl methyl sites for hydroxylation is 1. The molecule has 6 nitrogen and oxygen atoms in total. The highest BCUT2D eigenvalue weighted by molar-refractivity contribution is 6.30. The highest BCUT2D eigenvalue weighted by Crippen LogP contribution is 2.28. The van der Waals surface area contributed by atoms with Gasteiger partial charge >= 0.3 is 0 Å². The first kappa shape index (κ1) is 13.6. The number of fused-ring (bicyclic) bond motifs is 2. The lowest BCUT2D eigenvalue weighted by molar-refractivity contribution is -0.121. The van der Waals surface area contributed by atoms with Crippen molar-refractivity contribution < 1.29 is 4.79 Å². The third kappa shape index (κ3) is 2.33. The Morgan fingerprint density at radius 1 is 1.45 bits per heavy atom. The standard InChI is InChI=1S/C15H16ClN5O/c16-10-3-4-11-9(6-10)7-12(18-11)15(22)17-8-14-20-19-13-2-1-5-21(13)14/h3-4,6,12,18H,1-2,5,7-8H2,(H,17,22)/t12-/m0/s1. The number of nitrogens with zero attached hydrogens (tertiary/aromatic N) is 3. The lowest BCUT2D eigenvalue weighted by Crippen LogP contribution is -2.38. The topological polar surface area (TPSA) is 71.8 Å². The molecule has 1 aromatic heterocycles. The molecule has 4 rings (SSSR count). The maximum atomic E-state index is 12.3. The monoisotopic (exact) mass is 317 g/mol. The first-order valence-electron chi connectivity index (χ1n) is 7.44. The number of hydrogen-bond donors (Lipinski definition) is 2. The molecule has 0 radical (unpaired) electrons. The van der Waals surface area contributed by atoms with E-state index in [0.717, 1.165) is 42.3 Å². The molecule has 2 aliphatic heterocycles. The van der Waals surface area contributed by atoms with E-state index < -0.39 is 0 Å². The SMILES string of the molecule is O=C(NCc1nnc2n1CCC2)[C@@H]1Cc2cc(Cl)ccc2N1. The van der Waals surface area contributed by atoms with E-state index in [0.29, 0.717) is 18.0 Å². The van der Waals surface area contributed by atoms with Gasteiger partial charge in [0.15, 0.2) is 5.82 Å². The minimum Gasteiger partial charge on any atom is -0.373 e. The largest absolute Gasteiger partial charge is 0.373 e. The van der Waals surface area contributed by atoms with Gasteiger partial charge in [-0.15, -0.1) is 10.2 Å². The molecule has 2 aliphatic rings. The van der Waals surface area contributed by atoms with Gasteiger partial charge in [-0.2, -0.15) is 0 Å². The van der Waals surface area contributed by atoms with Crippen LogP contribution in [0.5, 0.6) is 0 Å². The third-order valence-corrected chi connectivity index (χ3v) is 4.48. The van der Waals surface area contributed by atoms with Gasteiger partial charge in [0, 0.05) is 30.1 Å². The van der Waals surface area contributed by atoms with Crippen molar-refractivity contribution in [3.05, 3.63) is 40.4 Å². The Morgan fingerprint density at radius 3 is 3.27 bits per heavy atom. The second-order valence-corrected chi connectivity index (χ2v) is 6.14. The molecule has 0 saturated heterocycles. The van der Waals surface area contributed by atoms with E-state index in [1.54, 1.807) is 0 Å². The quantitative estimate of drug-likeness (QED) is 0.900. The summed E-state index contributed by atoms with van der Waals surface area (Å²) in [5.74, 6) is 1.83. The molecule has 1 aromatic carbocycles. The molecule has 7 heteroatoms. The average molecular weight is 318 g/mol. The zero-order valence-corrected chi connectivity index (χ0v) is 12.7. The summed E-state index contributed by atoms with van der Waals surface area (Å²) in [6.07, 6.45) is 2.73. The maximum Gasteiger partial charge on any atom is 0.243 e. The van der Waals surface area contributed by atoms with Gasteiger partial charge in [-0.3, -0.25) is 4.79 Å². The Hall–Kier alpha value is -2.08. The molecule has 3 heterocycles. The van der Waals surface area contributed by atoms with Gasteiger partial charge < -0.3 is 15.2 Å². The summed E-state index contributed by atoms with van der Waals surface area (Å²) in [7, 11) is 0. The molecule has 2 aromatic rings. The minimum absolute atomic E-state index is 0.0253. The molecule has 1 atom stereocenters. The van der Waals surface area contributed by atoms with E-state index in [1.807, 2.05) is 18.2 Å². The van der Waals surface area contributed by atoms with Gasteiger partial charge in [0.2, 0.25) is 5.91 Å². The highest BCUT2D eigenvalue weighted by atomic mass is 35.5. The summed E-state index contributed by atoms with van der Waals surface area (Å²) in [4.78, 5) is 12.3. The summed E-state index contributed by atoms with van der Waals surface area (Å²) in [6.45, 7) is 1.36. The van der Waals surface area contributed by atoms with Crippen molar-refractivity contribution in [1.82, 2.24) is 20.1 Å². The van der Waals surface area contributed by atoms with Gasteiger partial charge in [0.25, 0.3) is 0 Å². The molecule has 2 N–H and O–H groups in total. The molecular weight excluding hydrogens is 302 g/mol. The van der Waals surface area contributed by atoms with Crippen molar-refractivity contribution in [1.29, 1.82) is 0 Å². The Labute approximate surface area is 132 Å². The number of rotatable bonds is 3. The maximum absolute atomic E-state index is 12.3. The third-order valence-electron chi connectivity index (χ3n) is 4.24. The number of carbonyl (C=O) groups is 1. The molecule has 0 aliphatic carbocycles. The number of aromatic nitrogens is 3. The van der Waals surface area contributed by atoms with E-state index in [-0.39, 0.29) is 11.9 Å². The van der Waals surface area contributed by atoms with Crippen molar-refractivity contribution in [3.63, 3.8) is 0 Å². The van der Waals surface area contributed by atoms with Crippen LogP contribution in [0.3, 0.4) is 0 Å². The van der Waals surface area contributed by atoms with E-state index in [4.69, 9.17) is 11.6 Å². The summed E-state index contributed by atoms with van der Waals surface area (Å²) in [5, 5.41) is 15.2. The first-order chi connectivity index (χ1) is 10.7. The van der Waals surface area contributed by atoms with Crippen molar-refractivity contribution in [2.75, 3.05) is 5.32 Å². The van der Waals surface area contributed by atoms with Gasteiger partial charge in [-0.1, -0.05) is 11.6 Å². The lowest BCUT2D eigenvalue weighted by Gasteiger charge is -2.11. The fourth-order valence-electron chi connectivity index (χ4n) is 3.12. The summed E-state index contributed by atoms with van der Waals surface area (Å²) >= 11 is 5.99. The van der Waals surface area contributed by atoms with Crippen LogP contribution >= 0.6 is 11.6 Å². The molecule has 1 amide bonds. The predicted molar refractivity (Wildman–Crippen MR) is 82.8 cm³/mol. The van der Waals surface area contributed by atoms with Crippen LogP contribution in [0.15, 0.2) is 18.2 Å². The van der Waals surface area contributed by atoms with Crippen molar-refractivity contribution in [2.45, 2.75) is 38.4 Å². The van der Waals surface area contributed by atoms with Crippen LogP contribution in [0.25, 0.3) is 0 Å². The average Bonchev–Trinajstić information content (AvgIpc) is 3.19. The Kier molecular flexibility index (Phi) is 3.26. The van der Waals surface area contributed by atoms with Crippen LogP contribution in [0.4, 0.5) is 5.69 Å². The zero-order chi connectivity index (χ0) is 15.1. The van der Waals surface area contributed by atoms with Crippen LogP contribution in [-0.4, -0.2) is 26.7 Å². The molecule has 0 saturated carbocycles. The first-order valence-corrected chi connectivity index (χ1v) is 7.82. The molecule has 0 bridgehead atoms. The smallest absolute Gasteiger partial charge is 0.243 e. The fourth-order valence-corrected chi connectivity index (χ4v) is 3.31. The zero-order valence-electron chi connectivity index (χ0n) is 12.0. The molecule has 114 valence electrons. The lowest BCUT2D eigenvalue weighted by atomic mass is 10.1. The van der Waals surface area contributed by atoms with Gasteiger partial charge in [-0.25, -0.2) is 0 Å². The second kappa shape index (κ2) is 5.28. The number of nitrogens with one attached hydrogen (secondary N) is 2. The molecule has 0 unspecified atom stereocenters. The molecular formula is C15H16ClN5O. The van der Waals surface area contributed by atoms with E-state index in [9.17, 15) is 4.79 Å². The van der Waals surface area contributed by atoms with Gasteiger partial charge in [0.1, 0.15) is 11.9 Å². The Morgan fingerprint density at radius 2 is 2.36 bits per heavy atom. The van der Waals surface area contributed by atoms with Crippen molar-refractivity contribution >= 4 is 23.2 Å². The predicted octanol–water partition coefficient (Wildman–Crippen LogP) is 1.53. The fraction of sp³-hybridized carbons (Fsp3) is 0.400.